The third kappa shape index (κ3) is 11.1. The number of aryl methyl sites for hydroxylation is 6. The summed E-state index contributed by atoms with van der Waals surface area (Å²) < 4.78 is 85.2. The minimum Gasteiger partial charge on any atom is -0.399 e. The molecule has 12 nitrogen and oxygen atoms in total. The van der Waals surface area contributed by atoms with E-state index in [2.05, 4.69) is 20.2 Å². The van der Waals surface area contributed by atoms with E-state index in [1.807, 2.05) is 116 Å². The van der Waals surface area contributed by atoms with Gasteiger partial charge in [-0.1, -0.05) is 49.2 Å². The van der Waals surface area contributed by atoms with Crippen LogP contribution in [0.25, 0.3) is 33.2 Å². The Morgan fingerprint density at radius 3 is 1.59 bits per heavy atom. The predicted octanol–water partition coefficient (Wildman–Crippen LogP) is 10.4. The van der Waals surface area contributed by atoms with Crippen LogP contribution in [0, 0.1) is 53.2 Å². The van der Waals surface area contributed by atoms with Crippen molar-refractivity contribution >= 4 is 53.2 Å². The maximum absolute atomic E-state index is 13.2. The normalized spacial score (nSPS) is 15.0. The zero-order valence-electron chi connectivity index (χ0n) is 39.5. The number of aromatic nitrogens is 4. The third-order valence-electron chi connectivity index (χ3n) is 11.9. The smallest absolute Gasteiger partial charge is 0.243 e. The van der Waals surface area contributed by atoms with Crippen molar-refractivity contribution in [2.75, 3.05) is 24.1 Å². The zero-order valence-corrected chi connectivity index (χ0v) is 41.2. The van der Waals surface area contributed by atoms with Gasteiger partial charge in [0.25, 0.3) is 0 Å². The summed E-state index contributed by atoms with van der Waals surface area (Å²) in [4.78, 5) is 0.852. The van der Waals surface area contributed by atoms with Gasteiger partial charge in [-0.3, -0.25) is 0 Å². The van der Waals surface area contributed by atoms with Crippen LogP contribution >= 0.6 is 0 Å². The molecule has 0 amide bonds. The molecule has 8 aromatic rings. The first kappa shape index (κ1) is 49.4. The lowest BCUT2D eigenvalue weighted by atomic mass is 10.1. The molecule has 0 saturated carbocycles. The first-order chi connectivity index (χ1) is 32.3. The number of benzene rings is 6. The average molecular weight is 961 g/mol. The molecule has 4 N–H and O–H groups in total. The van der Waals surface area contributed by atoms with Crippen LogP contribution in [-0.4, -0.2) is 65.9 Å². The fourth-order valence-electron chi connectivity index (χ4n) is 8.63. The van der Waals surface area contributed by atoms with Crippen LogP contribution < -0.4 is 15.8 Å². The SMILES string of the molecule is CC[C@@H](CNc1ccc2c(cnn2-c2ccc(F)cc2)c1)NS(=O)(=O)c1c(C)cc(C)cc1C.CC[C@H]1CN1S(=O)(=O)c1c(C)cc(C)cc1C.Nc1ccc2c(cnn2-c2ccc(F)cc2)c1. The first-order valence-corrected chi connectivity index (χ1v) is 25.4. The molecule has 68 heavy (non-hydrogen) atoms. The molecule has 1 aliphatic heterocycles. The molecule has 0 spiro atoms. The Hall–Kier alpha value is -6.46. The Kier molecular flexibility index (Phi) is 14.8. The van der Waals surface area contributed by atoms with Crippen LogP contribution in [0.4, 0.5) is 20.2 Å². The Morgan fingerprint density at radius 1 is 0.647 bits per heavy atom. The lowest BCUT2D eigenvalue weighted by molar-refractivity contribution is 0.546. The quantitative estimate of drug-likeness (QED) is 0.0807. The molecule has 0 bridgehead atoms. The minimum absolute atomic E-state index is 0.208. The third-order valence-corrected chi connectivity index (χ3v) is 15.9. The van der Waals surface area contributed by atoms with Crippen molar-refractivity contribution in [2.24, 2.45) is 0 Å². The second kappa shape index (κ2) is 20.4. The van der Waals surface area contributed by atoms with Crippen molar-refractivity contribution in [2.45, 2.75) is 90.1 Å². The van der Waals surface area contributed by atoms with Crippen molar-refractivity contribution in [1.82, 2.24) is 28.6 Å². The molecule has 1 saturated heterocycles. The highest BCUT2D eigenvalue weighted by Crippen LogP contribution is 2.34. The number of hydrogen-bond donors (Lipinski definition) is 3. The molecular formula is C52H58F2N8O4S2. The summed E-state index contributed by atoms with van der Waals surface area (Å²) in [5.41, 5.74) is 16.1. The average Bonchev–Trinajstić information content (AvgIpc) is 3.81. The van der Waals surface area contributed by atoms with Gasteiger partial charge < -0.3 is 11.1 Å². The Morgan fingerprint density at radius 2 is 1.12 bits per heavy atom. The Labute approximate surface area is 397 Å². The van der Waals surface area contributed by atoms with Crippen molar-refractivity contribution in [3.63, 3.8) is 0 Å². The second-order valence-corrected chi connectivity index (χ2v) is 20.8. The maximum atomic E-state index is 13.2. The number of halogens is 2. The number of nitrogen functional groups attached to an aromatic ring is 1. The summed E-state index contributed by atoms with van der Waals surface area (Å²) >= 11 is 0. The largest absolute Gasteiger partial charge is 0.399 e. The molecule has 16 heteroatoms. The van der Waals surface area contributed by atoms with Crippen LogP contribution in [0.1, 0.15) is 60.1 Å². The standard InChI is InChI=1S/C26H29FN4O2S.C13H10FN3.C13H19NO2S/c1-5-22(30-34(32,33)26-18(3)12-17(2)13-19(26)4)16-28-23-8-11-25-20(14-23)15-29-31(25)24-9-6-21(27)7-10-24;14-10-1-4-12(5-2-10)17-13-6-3-11(15)7-9(13)8-16-17;1-5-12-8-14(12)17(15,16)13-10(3)6-9(2)7-11(13)4/h6-15,22,28,30H,5,16H2,1-4H3;1-8H,15H2;6-7,12H,5,8H2,1-4H3/t22-;;12-,14?/m0.0/s1. The lowest BCUT2D eigenvalue weighted by Crippen LogP contribution is -2.39. The number of nitrogens with one attached hydrogen (secondary N) is 2. The lowest BCUT2D eigenvalue weighted by Gasteiger charge is -2.20. The van der Waals surface area contributed by atoms with E-state index in [9.17, 15) is 25.6 Å². The molecule has 9 rings (SSSR count). The maximum Gasteiger partial charge on any atom is 0.243 e. The summed E-state index contributed by atoms with van der Waals surface area (Å²) in [7, 11) is -6.92. The number of nitrogens with two attached hydrogens (primary N) is 1. The fraction of sp³-hybridized carbons (Fsp3) is 0.269. The summed E-state index contributed by atoms with van der Waals surface area (Å²) in [6.45, 7) is 16.4. The number of fused-ring (bicyclic) bond motifs is 2. The predicted molar refractivity (Wildman–Crippen MR) is 269 cm³/mol. The van der Waals surface area contributed by atoms with E-state index < -0.39 is 20.0 Å². The summed E-state index contributed by atoms with van der Waals surface area (Å²) in [5.74, 6) is -0.546. The van der Waals surface area contributed by atoms with Gasteiger partial charge >= 0.3 is 0 Å². The van der Waals surface area contributed by atoms with Crippen molar-refractivity contribution in [3.05, 3.63) is 167 Å². The molecule has 1 aliphatic rings. The van der Waals surface area contributed by atoms with Crippen LogP contribution in [0.15, 0.2) is 131 Å². The van der Waals surface area contributed by atoms with Crippen molar-refractivity contribution in [1.29, 1.82) is 0 Å². The molecule has 6 aromatic carbocycles. The highest BCUT2D eigenvalue weighted by molar-refractivity contribution is 7.89. The topological polar surface area (TPSA) is 157 Å². The molecular weight excluding hydrogens is 903 g/mol. The molecule has 1 unspecified atom stereocenters. The second-order valence-electron chi connectivity index (χ2n) is 17.4. The molecule has 0 aliphatic carbocycles. The summed E-state index contributed by atoms with van der Waals surface area (Å²) in [5, 5.41) is 13.9. The number of sulfonamides is 2. The van der Waals surface area contributed by atoms with Gasteiger partial charge in [0.1, 0.15) is 11.6 Å². The minimum atomic E-state index is -3.65. The van der Waals surface area contributed by atoms with E-state index in [1.54, 1.807) is 50.3 Å². The van der Waals surface area contributed by atoms with Gasteiger partial charge in [0, 0.05) is 47.3 Å². The summed E-state index contributed by atoms with van der Waals surface area (Å²) in [6, 6.07) is 31.4. The number of rotatable bonds is 12. The highest BCUT2D eigenvalue weighted by Gasteiger charge is 2.44. The van der Waals surface area contributed by atoms with Gasteiger partial charge in [-0.2, -0.15) is 14.5 Å². The fourth-order valence-corrected chi connectivity index (χ4v) is 12.5. The Bertz CT molecular complexity index is 3270. The number of anilines is 2. The molecule has 2 aromatic heterocycles. The van der Waals surface area contributed by atoms with Gasteiger partial charge in [-0.05, 0) is 162 Å². The highest BCUT2D eigenvalue weighted by atomic mass is 32.2. The van der Waals surface area contributed by atoms with Gasteiger partial charge in [0.15, 0.2) is 0 Å². The molecule has 0 radical (unpaired) electrons. The van der Waals surface area contributed by atoms with Gasteiger partial charge in [-0.25, -0.2) is 39.7 Å². The van der Waals surface area contributed by atoms with Crippen LogP contribution in [0.5, 0.6) is 0 Å². The van der Waals surface area contributed by atoms with Crippen LogP contribution in [-0.2, 0) is 20.0 Å². The van der Waals surface area contributed by atoms with Gasteiger partial charge in [0.2, 0.25) is 20.0 Å². The van der Waals surface area contributed by atoms with Gasteiger partial charge in [0.05, 0.1) is 44.6 Å². The molecule has 356 valence electrons. The van der Waals surface area contributed by atoms with Gasteiger partial charge in [-0.15, -0.1) is 0 Å². The first-order valence-electron chi connectivity index (χ1n) is 22.5. The van der Waals surface area contributed by atoms with Crippen molar-refractivity contribution in [3.8, 4) is 11.4 Å². The van der Waals surface area contributed by atoms with E-state index in [1.165, 1.54) is 24.3 Å². The monoisotopic (exact) mass is 960 g/mol. The molecule has 1 fully saturated rings. The number of nitrogens with zero attached hydrogens (tertiary/aromatic N) is 5. The van der Waals surface area contributed by atoms with Crippen LogP contribution in [0.2, 0.25) is 0 Å². The van der Waals surface area contributed by atoms with Crippen LogP contribution in [0.3, 0.4) is 0 Å². The van der Waals surface area contributed by atoms with Crippen molar-refractivity contribution < 1.29 is 25.6 Å². The zero-order chi connectivity index (χ0) is 49.1. The molecule has 3 heterocycles. The molecule has 3 atom stereocenters. The Balaban J connectivity index is 0.000000168. The summed E-state index contributed by atoms with van der Waals surface area (Å²) in [6.07, 6.45) is 5.03. The number of hydrogen-bond acceptors (Lipinski definition) is 8. The van der Waals surface area contributed by atoms with E-state index >= 15 is 0 Å². The van der Waals surface area contributed by atoms with E-state index in [4.69, 9.17) is 5.73 Å². The van der Waals surface area contributed by atoms with E-state index in [0.29, 0.717) is 35.0 Å². The van der Waals surface area contributed by atoms with E-state index in [-0.39, 0.29) is 23.7 Å². The van der Waals surface area contributed by atoms with E-state index in [0.717, 1.165) is 78.7 Å².